The maximum absolute atomic E-state index is 13.1. The Balaban J connectivity index is 0.000000180. The fourth-order valence-electron chi connectivity index (χ4n) is 4.79. The molecule has 2 aromatic carbocycles. The topological polar surface area (TPSA) is 111 Å². The quantitative estimate of drug-likeness (QED) is 0.315. The van der Waals surface area contributed by atoms with Crippen LogP contribution in [0.3, 0.4) is 0 Å². The third-order valence-electron chi connectivity index (χ3n) is 6.66. The molecule has 0 aliphatic carbocycles. The summed E-state index contributed by atoms with van der Waals surface area (Å²) in [6.07, 6.45) is 10.2. The first kappa shape index (κ1) is 26.1. The summed E-state index contributed by atoms with van der Waals surface area (Å²) in [6.45, 7) is 5.26. The molecule has 0 bridgehead atoms. The smallest absolute Gasteiger partial charge is 0.292 e. The number of nitro benzene ring substituents is 2. The lowest BCUT2D eigenvalue weighted by atomic mass is 10.1. The highest BCUT2D eigenvalue weighted by Gasteiger charge is 2.23. The number of piperidine rings is 2. The lowest BCUT2D eigenvalue weighted by Crippen LogP contribution is -2.30. The summed E-state index contributed by atoms with van der Waals surface area (Å²) in [6, 6.07) is 8.82. The van der Waals surface area contributed by atoms with Gasteiger partial charge in [0.2, 0.25) is 0 Å². The summed E-state index contributed by atoms with van der Waals surface area (Å²) in [4.78, 5) is 25.4. The molecule has 2 aliphatic rings. The van der Waals surface area contributed by atoms with E-state index in [4.69, 9.17) is 0 Å². The first-order valence-corrected chi connectivity index (χ1v) is 12.6. The summed E-state index contributed by atoms with van der Waals surface area (Å²) >= 11 is 0. The van der Waals surface area contributed by atoms with Crippen LogP contribution in [0.15, 0.2) is 48.8 Å². The summed E-state index contributed by atoms with van der Waals surface area (Å²) in [5.74, 6) is -0.425. The monoisotopic (exact) mass is 510 g/mol. The van der Waals surface area contributed by atoms with E-state index in [0.29, 0.717) is 11.4 Å². The van der Waals surface area contributed by atoms with E-state index in [0.717, 1.165) is 75.6 Å². The zero-order chi connectivity index (χ0) is 26.4. The van der Waals surface area contributed by atoms with Crippen molar-refractivity contribution in [3.05, 3.63) is 80.4 Å². The molecular formula is C26H31FN6O4. The van der Waals surface area contributed by atoms with Crippen molar-refractivity contribution in [1.29, 1.82) is 0 Å². The molecule has 0 atom stereocenters. The van der Waals surface area contributed by atoms with Crippen LogP contribution in [0.25, 0.3) is 5.69 Å². The van der Waals surface area contributed by atoms with Gasteiger partial charge in [0, 0.05) is 50.6 Å². The number of rotatable bonds is 5. The fourth-order valence-corrected chi connectivity index (χ4v) is 4.79. The van der Waals surface area contributed by atoms with Gasteiger partial charge in [-0.3, -0.25) is 20.2 Å². The highest BCUT2D eigenvalue weighted by molar-refractivity contribution is 5.67. The predicted octanol–water partition coefficient (Wildman–Crippen LogP) is 5.80. The Morgan fingerprint density at radius 2 is 1.30 bits per heavy atom. The zero-order valence-electron chi connectivity index (χ0n) is 20.9. The van der Waals surface area contributed by atoms with Crippen molar-refractivity contribution in [1.82, 2.24) is 9.78 Å². The van der Waals surface area contributed by atoms with Gasteiger partial charge in [0.15, 0.2) is 0 Å². The van der Waals surface area contributed by atoms with Crippen LogP contribution in [0, 0.1) is 33.0 Å². The molecule has 5 rings (SSSR count). The molecule has 0 amide bonds. The Kier molecular flexibility index (Phi) is 8.32. The van der Waals surface area contributed by atoms with Gasteiger partial charge in [0.05, 0.1) is 21.7 Å². The molecule has 3 heterocycles. The van der Waals surface area contributed by atoms with Crippen LogP contribution in [0.5, 0.6) is 0 Å². The van der Waals surface area contributed by atoms with E-state index in [1.54, 1.807) is 23.0 Å². The maximum Gasteiger partial charge on any atom is 0.292 e. The Bertz CT molecular complexity index is 1250. The lowest BCUT2D eigenvalue weighted by Gasteiger charge is -2.28. The lowest BCUT2D eigenvalue weighted by molar-refractivity contribution is -0.384. The van der Waals surface area contributed by atoms with Gasteiger partial charge in [-0.05, 0) is 69.2 Å². The molecule has 0 spiro atoms. The molecule has 1 aromatic heterocycles. The van der Waals surface area contributed by atoms with Gasteiger partial charge >= 0.3 is 0 Å². The molecular weight excluding hydrogens is 479 g/mol. The van der Waals surface area contributed by atoms with E-state index in [2.05, 4.69) is 10.00 Å². The molecule has 3 aromatic rings. The van der Waals surface area contributed by atoms with Gasteiger partial charge in [-0.15, -0.1) is 0 Å². The Morgan fingerprint density at radius 3 is 1.78 bits per heavy atom. The highest BCUT2D eigenvalue weighted by atomic mass is 19.1. The second-order valence-corrected chi connectivity index (χ2v) is 9.38. The summed E-state index contributed by atoms with van der Waals surface area (Å²) in [7, 11) is 0. The SMILES string of the molecule is Cc1cnn(-c2ccc([N+](=O)[O-])c(N3CCCCC3)c2)c1.O=[N+]([O-])c1ccc(F)cc1N1CCCCC1. The van der Waals surface area contributed by atoms with Crippen molar-refractivity contribution < 1.29 is 14.2 Å². The van der Waals surface area contributed by atoms with E-state index in [-0.39, 0.29) is 16.3 Å². The van der Waals surface area contributed by atoms with Crippen LogP contribution in [0.2, 0.25) is 0 Å². The van der Waals surface area contributed by atoms with E-state index in [9.17, 15) is 24.6 Å². The molecule has 0 N–H and O–H groups in total. The molecule has 2 fully saturated rings. The number of hydrogen-bond donors (Lipinski definition) is 0. The number of nitro groups is 2. The minimum absolute atomic E-state index is 0.0108. The third-order valence-corrected chi connectivity index (χ3v) is 6.66. The number of benzene rings is 2. The summed E-state index contributed by atoms with van der Waals surface area (Å²) < 4.78 is 14.9. The molecule has 0 radical (unpaired) electrons. The van der Waals surface area contributed by atoms with E-state index < -0.39 is 10.7 Å². The number of anilines is 2. The van der Waals surface area contributed by atoms with E-state index in [1.165, 1.54) is 18.6 Å². The first-order valence-electron chi connectivity index (χ1n) is 12.6. The zero-order valence-corrected chi connectivity index (χ0v) is 20.9. The molecule has 0 unspecified atom stereocenters. The van der Waals surface area contributed by atoms with E-state index in [1.807, 2.05) is 24.1 Å². The molecule has 11 heteroatoms. The van der Waals surface area contributed by atoms with Crippen molar-refractivity contribution in [3.63, 3.8) is 0 Å². The largest absolute Gasteiger partial charge is 0.366 e. The van der Waals surface area contributed by atoms with Crippen molar-refractivity contribution in [2.24, 2.45) is 0 Å². The number of halogens is 1. The second kappa shape index (κ2) is 11.8. The number of aryl methyl sites for hydroxylation is 1. The van der Waals surface area contributed by atoms with Crippen LogP contribution < -0.4 is 9.80 Å². The second-order valence-electron chi connectivity index (χ2n) is 9.38. The van der Waals surface area contributed by atoms with Crippen LogP contribution in [0.1, 0.15) is 44.1 Å². The van der Waals surface area contributed by atoms with Crippen molar-refractivity contribution in [2.75, 3.05) is 36.0 Å². The van der Waals surface area contributed by atoms with Gasteiger partial charge in [-0.2, -0.15) is 5.10 Å². The maximum atomic E-state index is 13.1. The minimum Gasteiger partial charge on any atom is -0.366 e. The summed E-state index contributed by atoms with van der Waals surface area (Å²) in [5.41, 5.74) is 3.19. The Morgan fingerprint density at radius 1 is 0.784 bits per heavy atom. The van der Waals surface area contributed by atoms with E-state index >= 15 is 0 Å². The molecule has 196 valence electrons. The third kappa shape index (κ3) is 6.41. The number of nitrogens with zero attached hydrogens (tertiary/aromatic N) is 6. The molecule has 2 aliphatic heterocycles. The number of aromatic nitrogens is 2. The average molecular weight is 511 g/mol. The van der Waals surface area contributed by atoms with Crippen molar-refractivity contribution in [2.45, 2.75) is 45.4 Å². The first-order chi connectivity index (χ1) is 17.8. The van der Waals surface area contributed by atoms with Gasteiger partial charge in [0.1, 0.15) is 17.2 Å². The van der Waals surface area contributed by atoms with Gasteiger partial charge in [-0.25, -0.2) is 9.07 Å². The van der Waals surface area contributed by atoms with Crippen LogP contribution in [0.4, 0.5) is 27.1 Å². The van der Waals surface area contributed by atoms with Gasteiger partial charge < -0.3 is 9.80 Å². The van der Waals surface area contributed by atoms with Crippen LogP contribution >= 0.6 is 0 Å². The fraction of sp³-hybridized carbons (Fsp3) is 0.423. The predicted molar refractivity (Wildman–Crippen MR) is 140 cm³/mol. The normalized spacial score (nSPS) is 15.6. The molecule has 0 saturated carbocycles. The Hall–Kier alpha value is -4.02. The van der Waals surface area contributed by atoms with Crippen LogP contribution in [-0.4, -0.2) is 45.8 Å². The van der Waals surface area contributed by atoms with Gasteiger partial charge in [-0.1, -0.05) is 0 Å². The Labute approximate surface area is 214 Å². The van der Waals surface area contributed by atoms with Gasteiger partial charge in [0.25, 0.3) is 11.4 Å². The average Bonchev–Trinajstić information content (AvgIpc) is 3.35. The van der Waals surface area contributed by atoms with Crippen molar-refractivity contribution >= 4 is 22.7 Å². The molecule has 10 nitrogen and oxygen atoms in total. The minimum atomic E-state index is -0.455. The molecule has 37 heavy (non-hydrogen) atoms. The standard InChI is InChI=1S/C15H18N4O2.C11H13FN2O2/c1-12-10-16-18(11-12)13-5-6-14(19(20)21)15(9-13)17-7-3-2-4-8-17;12-9-4-5-10(14(15)16)11(8-9)13-6-2-1-3-7-13/h5-6,9-11H,2-4,7-8H2,1H3;4-5,8H,1-3,6-7H2. The molecule has 2 saturated heterocycles. The van der Waals surface area contributed by atoms with Crippen LogP contribution in [-0.2, 0) is 0 Å². The summed E-state index contributed by atoms with van der Waals surface area (Å²) in [5, 5.41) is 26.4. The number of hydrogen-bond acceptors (Lipinski definition) is 7. The van der Waals surface area contributed by atoms with Crippen molar-refractivity contribution in [3.8, 4) is 5.69 Å². The highest BCUT2D eigenvalue weighted by Crippen LogP contribution is 2.33.